The molecule has 1 aliphatic rings. The first kappa shape index (κ1) is 21.6. The van der Waals surface area contributed by atoms with Crippen LogP contribution in [0.2, 0.25) is 0 Å². The minimum absolute atomic E-state index is 0.280. The van der Waals surface area contributed by atoms with Crippen LogP contribution in [0.4, 0.5) is 31.1 Å². The van der Waals surface area contributed by atoms with E-state index in [9.17, 15) is 41.0 Å². The van der Waals surface area contributed by atoms with Crippen molar-refractivity contribution in [3.8, 4) is 0 Å². The van der Waals surface area contributed by atoms with Crippen molar-refractivity contribution < 1.29 is 41.0 Å². The SMILES string of the molecule is O=C1N[C@H](c2ccccc2C(F)(F)F)[C@@H](C(=O)c2ccccc2)[C@](O)(C(F)(F)F)N1. The molecule has 2 aromatic carbocycles. The molecule has 0 unspecified atom stereocenters. The molecule has 0 bridgehead atoms. The summed E-state index contributed by atoms with van der Waals surface area (Å²) in [6.07, 6.45) is -10.5. The Hall–Kier alpha value is -3.08. The molecule has 1 heterocycles. The highest BCUT2D eigenvalue weighted by Gasteiger charge is 2.66. The smallest absolute Gasteiger partial charge is 0.363 e. The first-order valence-electron chi connectivity index (χ1n) is 8.49. The summed E-state index contributed by atoms with van der Waals surface area (Å²) in [5.74, 6) is -3.84. The molecular weight excluding hydrogens is 418 g/mol. The second kappa shape index (κ2) is 7.31. The van der Waals surface area contributed by atoms with E-state index in [0.717, 1.165) is 30.3 Å². The highest BCUT2D eigenvalue weighted by molar-refractivity contribution is 6.00. The standard InChI is InChI=1S/C19H14F6N2O3/c20-18(21,22)12-9-5-4-8-11(12)14-13(15(28)10-6-2-1-3-7-10)17(30,19(23,24)25)27-16(29)26-14/h1-9,13-14,30H,(H2,26,27,29)/t13-,14+,17-/m0/s1. The Labute approximate surface area is 165 Å². The van der Waals surface area contributed by atoms with E-state index in [1.54, 1.807) is 0 Å². The molecule has 30 heavy (non-hydrogen) atoms. The van der Waals surface area contributed by atoms with Gasteiger partial charge in [0.25, 0.3) is 0 Å². The van der Waals surface area contributed by atoms with Crippen LogP contribution in [0.3, 0.4) is 0 Å². The van der Waals surface area contributed by atoms with E-state index < -0.39 is 53.0 Å². The summed E-state index contributed by atoms with van der Waals surface area (Å²) < 4.78 is 81.8. The van der Waals surface area contributed by atoms with Gasteiger partial charge in [0.15, 0.2) is 5.78 Å². The van der Waals surface area contributed by atoms with E-state index in [1.165, 1.54) is 23.5 Å². The van der Waals surface area contributed by atoms with Crippen LogP contribution < -0.4 is 10.6 Å². The van der Waals surface area contributed by atoms with Crippen molar-refractivity contribution in [3.63, 3.8) is 0 Å². The molecule has 1 fully saturated rings. The average Bonchev–Trinajstić information content (AvgIpc) is 2.66. The molecule has 3 atom stereocenters. The van der Waals surface area contributed by atoms with Gasteiger partial charge in [-0.05, 0) is 11.6 Å². The maximum absolute atomic E-state index is 13.8. The lowest BCUT2D eigenvalue weighted by molar-refractivity contribution is -0.287. The van der Waals surface area contributed by atoms with Crippen molar-refractivity contribution in [3.05, 3.63) is 71.3 Å². The topological polar surface area (TPSA) is 78.4 Å². The monoisotopic (exact) mass is 432 g/mol. The number of alkyl halides is 6. The van der Waals surface area contributed by atoms with Crippen molar-refractivity contribution >= 4 is 11.8 Å². The Kier molecular flexibility index (Phi) is 5.27. The third kappa shape index (κ3) is 3.72. The lowest BCUT2D eigenvalue weighted by Crippen LogP contribution is -2.72. The number of rotatable bonds is 3. The zero-order chi connectivity index (χ0) is 22.3. The van der Waals surface area contributed by atoms with E-state index in [2.05, 4.69) is 0 Å². The number of halogens is 6. The zero-order valence-electron chi connectivity index (χ0n) is 14.9. The summed E-state index contributed by atoms with van der Waals surface area (Å²) >= 11 is 0. The fourth-order valence-electron chi connectivity index (χ4n) is 3.41. The van der Waals surface area contributed by atoms with Crippen LogP contribution >= 0.6 is 0 Å². The maximum Gasteiger partial charge on any atom is 0.437 e. The summed E-state index contributed by atoms with van der Waals surface area (Å²) in [4.78, 5) is 24.9. The molecule has 0 aromatic heterocycles. The first-order chi connectivity index (χ1) is 13.9. The number of urea groups is 1. The van der Waals surface area contributed by atoms with Gasteiger partial charge in [0.2, 0.25) is 5.72 Å². The van der Waals surface area contributed by atoms with Crippen molar-refractivity contribution in [2.45, 2.75) is 24.1 Å². The largest absolute Gasteiger partial charge is 0.437 e. The zero-order valence-corrected chi connectivity index (χ0v) is 14.9. The Morgan fingerprint density at radius 1 is 0.933 bits per heavy atom. The Morgan fingerprint density at radius 2 is 1.50 bits per heavy atom. The number of hydrogen-bond donors (Lipinski definition) is 3. The fourth-order valence-corrected chi connectivity index (χ4v) is 3.41. The molecule has 0 spiro atoms. The minimum Gasteiger partial charge on any atom is -0.363 e. The van der Waals surface area contributed by atoms with Crippen LogP contribution in [0.15, 0.2) is 54.6 Å². The van der Waals surface area contributed by atoms with Crippen LogP contribution in [0.25, 0.3) is 0 Å². The van der Waals surface area contributed by atoms with Crippen LogP contribution in [0.5, 0.6) is 0 Å². The van der Waals surface area contributed by atoms with E-state index >= 15 is 0 Å². The van der Waals surface area contributed by atoms with Crippen molar-refractivity contribution in [1.29, 1.82) is 0 Å². The molecule has 11 heteroatoms. The summed E-state index contributed by atoms with van der Waals surface area (Å²) in [6.45, 7) is 0. The number of carbonyl (C=O) groups excluding carboxylic acids is 2. The summed E-state index contributed by atoms with van der Waals surface area (Å²) in [5.41, 5.74) is -6.51. The number of benzene rings is 2. The van der Waals surface area contributed by atoms with Crippen LogP contribution in [0, 0.1) is 5.92 Å². The molecule has 2 amide bonds. The van der Waals surface area contributed by atoms with Gasteiger partial charge in [-0.2, -0.15) is 26.3 Å². The Bertz CT molecular complexity index is 961. The van der Waals surface area contributed by atoms with Gasteiger partial charge in [0, 0.05) is 5.56 Å². The van der Waals surface area contributed by atoms with Gasteiger partial charge in [-0.3, -0.25) is 4.79 Å². The number of ketones is 1. The lowest BCUT2D eigenvalue weighted by Gasteiger charge is -2.45. The van der Waals surface area contributed by atoms with Crippen molar-refractivity contribution in [2.24, 2.45) is 5.92 Å². The van der Waals surface area contributed by atoms with Crippen molar-refractivity contribution in [1.82, 2.24) is 10.6 Å². The number of nitrogens with one attached hydrogen (secondary N) is 2. The maximum atomic E-state index is 13.8. The van der Waals surface area contributed by atoms with Crippen molar-refractivity contribution in [2.75, 3.05) is 0 Å². The van der Waals surface area contributed by atoms with Gasteiger partial charge in [-0.25, -0.2) is 4.79 Å². The third-order valence-electron chi connectivity index (χ3n) is 4.75. The van der Waals surface area contributed by atoms with Gasteiger partial charge in [-0.15, -0.1) is 0 Å². The van der Waals surface area contributed by atoms with Gasteiger partial charge in [-0.1, -0.05) is 48.5 Å². The lowest BCUT2D eigenvalue weighted by atomic mass is 9.76. The second-order valence-corrected chi connectivity index (χ2v) is 6.63. The number of amides is 2. The average molecular weight is 432 g/mol. The summed E-state index contributed by atoms with van der Waals surface area (Å²) in [6, 6.07) is 6.37. The predicted octanol–water partition coefficient (Wildman–Crippen LogP) is 3.81. The molecule has 3 rings (SSSR count). The molecule has 0 saturated carbocycles. The normalized spacial score (nSPS) is 24.7. The second-order valence-electron chi connectivity index (χ2n) is 6.63. The molecule has 0 radical (unpaired) electrons. The number of Topliss-reactive ketones (excluding diaryl/α,β-unsaturated/α-hetero) is 1. The molecule has 1 saturated heterocycles. The van der Waals surface area contributed by atoms with Gasteiger partial charge >= 0.3 is 18.4 Å². The molecular formula is C19H14F6N2O3. The van der Waals surface area contributed by atoms with Gasteiger partial charge in [0.1, 0.15) is 5.92 Å². The van der Waals surface area contributed by atoms with E-state index in [-0.39, 0.29) is 5.56 Å². The summed E-state index contributed by atoms with van der Waals surface area (Å²) in [7, 11) is 0. The predicted molar refractivity (Wildman–Crippen MR) is 91.1 cm³/mol. The van der Waals surface area contributed by atoms with Gasteiger partial charge < -0.3 is 15.7 Å². The minimum atomic E-state index is -5.56. The third-order valence-corrected chi connectivity index (χ3v) is 4.75. The number of carbonyl (C=O) groups is 2. The molecule has 0 aliphatic carbocycles. The van der Waals surface area contributed by atoms with Crippen LogP contribution in [-0.2, 0) is 6.18 Å². The highest BCUT2D eigenvalue weighted by Crippen LogP contribution is 2.46. The molecule has 2 aromatic rings. The fraction of sp³-hybridized carbons (Fsp3) is 0.263. The Morgan fingerprint density at radius 3 is 2.07 bits per heavy atom. The quantitative estimate of drug-likeness (QED) is 0.510. The molecule has 1 aliphatic heterocycles. The first-order valence-corrected chi connectivity index (χ1v) is 8.49. The number of aliphatic hydroxyl groups is 1. The van der Waals surface area contributed by atoms with Crippen LogP contribution in [0.1, 0.15) is 27.5 Å². The Balaban J connectivity index is 2.25. The van der Waals surface area contributed by atoms with E-state index in [4.69, 9.17) is 0 Å². The molecule has 5 nitrogen and oxygen atoms in total. The number of hydrogen-bond acceptors (Lipinski definition) is 3. The van der Waals surface area contributed by atoms with Gasteiger partial charge in [0.05, 0.1) is 11.6 Å². The molecule has 3 N–H and O–H groups in total. The van der Waals surface area contributed by atoms with Crippen LogP contribution in [-0.4, -0.2) is 28.8 Å². The summed E-state index contributed by atoms with van der Waals surface area (Å²) in [5, 5.41) is 13.6. The highest BCUT2D eigenvalue weighted by atomic mass is 19.4. The molecule has 160 valence electrons. The van der Waals surface area contributed by atoms with E-state index in [0.29, 0.717) is 6.07 Å². The van der Waals surface area contributed by atoms with E-state index in [1.807, 2.05) is 5.32 Å².